The summed E-state index contributed by atoms with van der Waals surface area (Å²) in [7, 11) is 0. The SMILES string of the molecule is CCCn1nncc1C(O)c1c(F)cccc1F. The minimum Gasteiger partial charge on any atom is -0.382 e. The van der Waals surface area contributed by atoms with Crippen molar-refractivity contribution in [2.45, 2.75) is 26.0 Å². The number of hydrogen-bond donors (Lipinski definition) is 1. The Labute approximate surface area is 103 Å². The van der Waals surface area contributed by atoms with Gasteiger partial charge in [0.05, 0.1) is 17.5 Å². The van der Waals surface area contributed by atoms with Gasteiger partial charge >= 0.3 is 0 Å². The minimum atomic E-state index is -1.41. The number of benzene rings is 1. The summed E-state index contributed by atoms with van der Waals surface area (Å²) in [4.78, 5) is 0. The molecule has 0 aliphatic rings. The van der Waals surface area contributed by atoms with Crippen LogP contribution in [0.2, 0.25) is 0 Å². The second-order valence-electron chi connectivity index (χ2n) is 3.92. The highest BCUT2D eigenvalue weighted by Gasteiger charge is 2.22. The third-order valence-electron chi connectivity index (χ3n) is 2.64. The molecule has 6 heteroatoms. The molecule has 1 aromatic carbocycles. The van der Waals surface area contributed by atoms with Crippen LogP contribution < -0.4 is 0 Å². The van der Waals surface area contributed by atoms with E-state index in [-0.39, 0.29) is 11.3 Å². The molecule has 1 atom stereocenters. The van der Waals surface area contributed by atoms with Crippen LogP contribution >= 0.6 is 0 Å². The predicted molar refractivity (Wildman–Crippen MR) is 60.7 cm³/mol. The Balaban J connectivity index is 2.41. The summed E-state index contributed by atoms with van der Waals surface area (Å²) in [5.41, 5.74) is -0.0991. The predicted octanol–water partition coefficient (Wildman–Crippen LogP) is 2.05. The van der Waals surface area contributed by atoms with Crippen LogP contribution in [0.4, 0.5) is 8.78 Å². The van der Waals surface area contributed by atoms with Gasteiger partial charge in [-0.2, -0.15) is 0 Å². The van der Waals surface area contributed by atoms with Gasteiger partial charge < -0.3 is 5.11 Å². The molecule has 96 valence electrons. The second kappa shape index (κ2) is 5.22. The van der Waals surface area contributed by atoms with Gasteiger partial charge in [0.1, 0.15) is 17.7 Å². The number of aryl methyl sites for hydroxylation is 1. The van der Waals surface area contributed by atoms with Crippen LogP contribution in [0, 0.1) is 11.6 Å². The van der Waals surface area contributed by atoms with Crippen LogP contribution in [0.15, 0.2) is 24.4 Å². The Morgan fingerprint density at radius 2 is 2.00 bits per heavy atom. The average molecular weight is 253 g/mol. The van der Waals surface area contributed by atoms with E-state index in [4.69, 9.17) is 0 Å². The Morgan fingerprint density at radius 1 is 1.33 bits per heavy atom. The molecule has 4 nitrogen and oxygen atoms in total. The largest absolute Gasteiger partial charge is 0.382 e. The van der Waals surface area contributed by atoms with E-state index in [1.807, 2.05) is 6.92 Å². The molecule has 1 N–H and O–H groups in total. The molecule has 2 aromatic rings. The Kier molecular flexibility index (Phi) is 3.66. The molecule has 0 fully saturated rings. The third kappa shape index (κ3) is 2.24. The summed E-state index contributed by atoms with van der Waals surface area (Å²) in [6.45, 7) is 2.46. The van der Waals surface area contributed by atoms with Crippen LogP contribution in [0.1, 0.15) is 30.7 Å². The van der Waals surface area contributed by atoms with Crippen LogP contribution in [0.25, 0.3) is 0 Å². The number of aromatic nitrogens is 3. The van der Waals surface area contributed by atoms with E-state index in [9.17, 15) is 13.9 Å². The lowest BCUT2D eigenvalue weighted by atomic mass is 10.1. The maximum Gasteiger partial charge on any atom is 0.132 e. The number of aliphatic hydroxyl groups is 1. The van der Waals surface area contributed by atoms with E-state index in [0.717, 1.165) is 18.6 Å². The van der Waals surface area contributed by atoms with Gasteiger partial charge in [0.25, 0.3) is 0 Å². The van der Waals surface area contributed by atoms with Crippen LogP contribution in [0.3, 0.4) is 0 Å². The first kappa shape index (κ1) is 12.6. The maximum atomic E-state index is 13.6. The number of rotatable bonds is 4. The summed E-state index contributed by atoms with van der Waals surface area (Å²) < 4.78 is 28.6. The zero-order chi connectivity index (χ0) is 13.1. The van der Waals surface area contributed by atoms with Crippen molar-refractivity contribution in [3.05, 3.63) is 47.3 Å². The van der Waals surface area contributed by atoms with Crippen molar-refractivity contribution in [2.75, 3.05) is 0 Å². The van der Waals surface area contributed by atoms with E-state index in [1.165, 1.54) is 16.9 Å². The Morgan fingerprint density at radius 3 is 2.61 bits per heavy atom. The zero-order valence-electron chi connectivity index (χ0n) is 9.85. The van der Waals surface area contributed by atoms with E-state index in [0.29, 0.717) is 6.54 Å². The summed E-state index contributed by atoms with van der Waals surface area (Å²) >= 11 is 0. The molecule has 2 rings (SSSR count). The van der Waals surface area contributed by atoms with Crippen molar-refractivity contribution < 1.29 is 13.9 Å². The maximum absolute atomic E-state index is 13.6. The Hall–Kier alpha value is -1.82. The lowest BCUT2D eigenvalue weighted by Crippen LogP contribution is -2.12. The summed E-state index contributed by atoms with van der Waals surface area (Å²) in [5, 5.41) is 17.5. The molecule has 0 radical (unpaired) electrons. The van der Waals surface area contributed by atoms with Crippen LogP contribution in [0.5, 0.6) is 0 Å². The molecule has 0 aliphatic heterocycles. The number of hydrogen-bond acceptors (Lipinski definition) is 3. The highest BCUT2D eigenvalue weighted by atomic mass is 19.1. The fourth-order valence-corrected chi connectivity index (χ4v) is 1.78. The van der Waals surface area contributed by atoms with E-state index < -0.39 is 17.7 Å². The van der Waals surface area contributed by atoms with Crippen molar-refractivity contribution >= 4 is 0 Å². The van der Waals surface area contributed by atoms with Gasteiger partial charge in [-0.3, -0.25) is 0 Å². The first-order valence-corrected chi connectivity index (χ1v) is 5.65. The smallest absolute Gasteiger partial charge is 0.132 e. The molecular formula is C12H13F2N3O. The van der Waals surface area contributed by atoms with Gasteiger partial charge in [-0.25, -0.2) is 13.5 Å². The van der Waals surface area contributed by atoms with Crippen molar-refractivity contribution in [1.29, 1.82) is 0 Å². The van der Waals surface area contributed by atoms with Crippen LogP contribution in [-0.2, 0) is 6.54 Å². The topological polar surface area (TPSA) is 50.9 Å². The number of nitrogens with zero attached hydrogens (tertiary/aromatic N) is 3. The molecule has 0 amide bonds. The van der Waals surface area contributed by atoms with Gasteiger partial charge in [-0.15, -0.1) is 5.10 Å². The third-order valence-corrected chi connectivity index (χ3v) is 2.64. The lowest BCUT2D eigenvalue weighted by Gasteiger charge is -2.13. The normalized spacial score (nSPS) is 12.7. The molecule has 0 saturated heterocycles. The standard InChI is InChI=1S/C12H13F2N3O/c1-2-6-17-10(7-15-16-17)12(18)11-8(13)4-3-5-9(11)14/h3-5,7,12,18H,2,6H2,1H3. The Bertz CT molecular complexity index is 522. The van der Waals surface area contributed by atoms with Gasteiger partial charge in [0, 0.05) is 6.54 Å². The monoisotopic (exact) mass is 253 g/mol. The highest BCUT2D eigenvalue weighted by molar-refractivity contribution is 5.27. The fraction of sp³-hybridized carbons (Fsp3) is 0.333. The van der Waals surface area contributed by atoms with Crippen LogP contribution in [-0.4, -0.2) is 20.1 Å². The average Bonchev–Trinajstić information content (AvgIpc) is 2.77. The molecule has 0 saturated carbocycles. The van der Waals surface area contributed by atoms with Crippen molar-refractivity contribution in [3.8, 4) is 0 Å². The first-order chi connectivity index (χ1) is 8.65. The van der Waals surface area contributed by atoms with Crippen molar-refractivity contribution in [2.24, 2.45) is 0 Å². The minimum absolute atomic E-state index is 0.279. The molecule has 0 aliphatic carbocycles. The zero-order valence-corrected chi connectivity index (χ0v) is 9.85. The van der Waals surface area contributed by atoms with E-state index in [1.54, 1.807) is 0 Å². The molecular weight excluding hydrogens is 240 g/mol. The lowest BCUT2D eigenvalue weighted by molar-refractivity contribution is 0.197. The summed E-state index contributed by atoms with van der Waals surface area (Å²) in [5.74, 6) is -1.57. The number of halogens is 2. The van der Waals surface area contributed by atoms with Gasteiger partial charge in [0.2, 0.25) is 0 Å². The van der Waals surface area contributed by atoms with Gasteiger partial charge in [-0.05, 0) is 18.6 Å². The van der Waals surface area contributed by atoms with E-state index >= 15 is 0 Å². The molecule has 1 aromatic heterocycles. The molecule has 1 heterocycles. The van der Waals surface area contributed by atoms with Gasteiger partial charge in [0.15, 0.2) is 0 Å². The van der Waals surface area contributed by atoms with E-state index in [2.05, 4.69) is 10.3 Å². The highest BCUT2D eigenvalue weighted by Crippen LogP contribution is 2.26. The second-order valence-corrected chi connectivity index (χ2v) is 3.92. The van der Waals surface area contributed by atoms with Gasteiger partial charge in [-0.1, -0.05) is 18.2 Å². The molecule has 0 bridgehead atoms. The molecule has 1 unspecified atom stereocenters. The quantitative estimate of drug-likeness (QED) is 0.907. The van der Waals surface area contributed by atoms with Crippen molar-refractivity contribution in [1.82, 2.24) is 15.0 Å². The summed E-state index contributed by atoms with van der Waals surface area (Å²) in [6, 6.07) is 3.47. The first-order valence-electron chi connectivity index (χ1n) is 5.65. The van der Waals surface area contributed by atoms with Crippen molar-refractivity contribution in [3.63, 3.8) is 0 Å². The molecule has 0 spiro atoms. The fourth-order valence-electron chi connectivity index (χ4n) is 1.78. The molecule has 18 heavy (non-hydrogen) atoms. The summed E-state index contributed by atoms with van der Waals surface area (Å²) in [6.07, 6.45) is 0.683. The number of aliphatic hydroxyl groups excluding tert-OH is 1.